The van der Waals surface area contributed by atoms with E-state index in [-0.39, 0.29) is 21.7 Å². The van der Waals surface area contributed by atoms with E-state index < -0.39 is 0 Å². The van der Waals surface area contributed by atoms with Crippen LogP contribution in [0.4, 0.5) is 0 Å². The fourth-order valence-corrected chi connectivity index (χ4v) is 7.63. The van der Waals surface area contributed by atoms with Gasteiger partial charge >= 0.3 is 0 Å². The van der Waals surface area contributed by atoms with Gasteiger partial charge in [0.25, 0.3) is 0 Å². The number of rotatable bonds is 3. The van der Waals surface area contributed by atoms with Gasteiger partial charge in [-0.2, -0.15) is 0 Å². The molecular weight excluding hydrogens is 625 g/mol. The predicted molar refractivity (Wildman–Crippen MR) is 213 cm³/mol. The van der Waals surface area contributed by atoms with Crippen LogP contribution in [0.25, 0.3) is 55.0 Å². The molecule has 0 atom stereocenters. The fraction of sp³-hybridized carbons (Fsp3) is 0.435. The largest absolute Gasteiger partial charge is 0.455 e. The predicted octanol–water partition coefficient (Wildman–Crippen LogP) is 11.7. The zero-order chi connectivity index (χ0) is 37.0. The summed E-state index contributed by atoms with van der Waals surface area (Å²) >= 11 is 0. The van der Waals surface area contributed by atoms with Crippen molar-refractivity contribution >= 4 is 32.3 Å². The lowest BCUT2D eigenvalue weighted by Gasteiger charge is -2.29. The molecule has 5 heteroatoms. The van der Waals surface area contributed by atoms with Crippen molar-refractivity contribution in [2.75, 3.05) is 0 Å². The lowest BCUT2D eigenvalue weighted by Crippen LogP contribution is -2.32. The number of aromatic nitrogens is 4. The van der Waals surface area contributed by atoms with Crippen LogP contribution < -0.4 is 9.30 Å². The Bertz CT molecular complexity index is 2360. The summed E-state index contributed by atoms with van der Waals surface area (Å²) < 4.78 is 9.45. The zero-order valence-electron chi connectivity index (χ0n) is 33.3. The smallest absolute Gasteiger partial charge is 0.228 e. The first-order valence-electron chi connectivity index (χ1n) is 18.5. The van der Waals surface area contributed by atoms with Crippen molar-refractivity contribution in [1.82, 2.24) is 15.0 Å². The third kappa shape index (κ3) is 6.38. The molecule has 6 aromatic rings. The van der Waals surface area contributed by atoms with Crippen LogP contribution in [0.3, 0.4) is 0 Å². The SMILES string of the molecule is Cc1c2c(c(CC(C)(C)C)c3ccc(CC(C)(C)C)cc13)Oc1cc3ccc(-c4nc(C(C)(C)C)nc(C(C)(C)C)n4)cc3c3cc[n+](C)c-2c13. The van der Waals surface area contributed by atoms with Crippen molar-refractivity contribution < 1.29 is 9.30 Å². The summed E-state index contributed by atoms with van der Waals surface area (Å²) in [7, 11) is 2.17. The molecular formula is C46H55N4O+. The minimum Gasteiger partial charge on any atom is -0.455 e. The molecule has 264 valence electrons. The van der Waals surface area contributed by atoms with Crippen molar-refractivity contribution in [2.45, 2.75) is 114 Å². The van der Waals surface area contributed by atoms with Crippen molar-refractivity contribution in [3.63, 3.8) is 0 Å². The number of ether oxygens (including phenoxy) is 1. The van der Waals surface area contributed by atoms with Gasteiger partial charge < -0.3 is 4.74 Å². The van der Waals surface area contributed by atoms with Crippen LogP contribution in [0, 0.1) is 17.8 Å². The quantitative estimate of drug-likeness (QED) is 0.138. The average Bonchev–Trinajstić information content (AvgIpc) is 3.01. The molecule has 0 radical (unpaired) electrons. The molecule has 0 fully saturated rings. The van der Waals surface area contributed by atoms with E-state index in [0.29, 0.717) is 0 Å². The first kappa shape index (κ1) is 35.0. The van der Waals surface area contributed by atoms with Gasteiger partial charge in [0.2, 0.25) is 5.69 Å². The Morgan fingerprint density at radius 2 is 1.29 bits per heavy atom. The summed E-state index contributed by atoms with van der Waals surface area (Å²) in [6.45, 7) is 29.2. The van der Waals surface area contributed by atoms with E-state index in [0.717, 1.165) is 63.5 Å². The Labute approximate surface area is 304 Å². The monoisotopic (exact) mass is 679 g/mol. The van der Waals surface area contributed by atoms with Gasteiger partial charge in [-0.15, -0.1) is 0 Å². The highest BCUT2D eigenvalue weighted by atomic mass is 16.5. The number of nitrogens with zero attached hydrogens (tertiary/aromatic N) is 4. The van der Waals surface area contributed by atoms with Crippen molar-refractivity contribution in [3.8, 4) is 34.1 Å². The summed E-state index contributed by atoms with van der Waals surface area (Å²) in [5, 5.41) is 7.23. The molecule has 1 aliphatic rings. The molecule has 0 aliphatic carbocycles. The van der Waals surface area contributed by atoms with Gasteiger partial charge in [0.05, 0.1) is 10.9 Å². The minimum atomic E-state index is -0.205. The molecule has 0 bridgehead atoms. The summed E-state index contributed by atoms with van der Waals surface area (Å²) in [4.78, 5) is 15.0. The molecule has 0 N–H and O–H groups in total. The molecule has 51 heavy (non-hydrogen) atoms. The highest BCUT2D eigenvalue weighted by molar-refractivity contribution is 6.16. The molecule has 3 heterocycles. The fourth-order valence-electron chi connectivity index (χ4n) is 7.63. The normalized spacial score (nSPS) is 13.6. The molecule has 7 rings (SSSR count). The second-order valence-electron chi connectivity index (χ2n) is 19.4. The highest BCUT2D eigenvalue weighted by Crippen LogP contribution is 2.53. The van der Waals surface area contributed by atoms with Gasteiger partial charge in [-0.1, -0.05) is 113 Å². The summed E-state index contributed by atoms with van der Waals surface area (Å²) in [6.07, 6.45) is 4.15. The summed E-state index contributed by atoms with van der Waals surface area (Å²) in [5.74, 6) is 4.25. The lowest BCUT2D eigenvalue weighted by atomic mass is 9.80. The van der Waals surface area contributed by atoms with Crippen LogP contribution in [-0.4, -0.2) is 15.0 Å². The number of hydrogen-bond donors (Lipinski definition) is 0. The Morgan fingerprint density at radius 1 is 0.647 bits per heavy atom. The van der Waals surface area contributed by atoms with Gasteiger partial charge in [0, 0.05) is 33.4 Å². The maximum absolute atomic E-state index is 7.16. The molecule has 1 aliphatic heterocycles. The van der Waals surface area contributed by atoms with E-state index >= 15 is 0 Å². The van der Waals surface area contributed by atoms with Crippen molar-refractivity contribution in [3.05, 3.63) is 83.1 Å². The number of fused-ring (bicyclic) bond motifs is 5. The highest BCUT2D eigenvalue weighted by Gasteiger charge is 2.35. The molecule has 0 amide bonds. The van der Waals surface area contributed by atoms with Gasteiger partial charge in [-0.05, 0) is 75.4 Å². The van der Waals surface area contributed by atoms with Gasteiger partial charge in [0.15, 0.2) is 12.0 Å². The molecule has 0 unspecified atom stereocenters. The van der Waals surface area contributed by atoms with Crippen LogP contribution in [0.2, 0.25) is 0 Å². The lowest BCUT2D eigenvalue weighted by molar-refractivity contribution is -0.659. The number of pyridine rings is 1. The Morgan fingerprint density at radius 3 is 1.90 bits per heavy atom. The number of benzene rings is 4. The summed E-state index contributed by atoms with van der Waals surface area (Å²) in [6, 6.07) is 18.2. The molecule has 4 aromatic carbocycles. The third-order valence-electron chi connectivity index (χ3n) is 10.0. The second-order valence-corrected chi connectivity index (χ2v) is 19.4. The molecule has 0 saturated carbocycles. The zero-order valence-corrected chi connectivity index (χ0v) is 33.3. The van der Waals surface area contributed by atoms with Gasteiger partial charge in [0.1, 0.15) is 30.2 Å². The topological polar surface area (TPSA) is 51.8 Å². The van der Waals surface area contributed by atoms with Crippen LogP contribution in [0.15, 0.2) is 54.7 Å². The first-order valence-corrected chi connectivity index (χ1v) is 18.5. The second kappa shape index (κ2) is 11.6. The minimum absolute atomic E-state index is 0.0758. The molecule has 0 saturated heterocycles. The van der Waals surface area contributed by atoms with Crippen LogP contribution in [0.1, 0.15) is 111 Å². The molecule has 0 spiro atoms. The number of hydrogen-bond acceptors (Lipinski definition) is 4. The molecule has 2 aromatic heterocycles. The van der Waals surface area contributed by atoms with E-state index in [2.05, 4.69) is 156 Å². The Balaban J connectivity index is 1.51. The molecule has 5 nitrogen and oxygen atoms in total. The van der Waals surface area contributed by atoms with E-state index in [1.54, 1.807) is 0 Å². The Kier molecular flexibility index (Phi) is 7.95. The van der Waals surface area contributed by atoms with E-state index in [4.69, 9.17) is 19.7 Å². The van der Waals surface area contributed by atoms with Gasteiger partial charge in [-0.25, -0.2) is 19.5 Å². The van der Waals surface area contributed by atoms with E-state index in [1.807, 2.05) is 0 Å². The van der Waals surface area contributed by atoms with Crippen LogP contribution in [0.5, 0.6) is 11.5 Å². The van der Waals surface area contributed by atoms with Crippen LogP contribution in [-0.2, 0) is 30.7 Å². The maximum atomic E-state index is 7.16. The number of aryl methyl sites for hydroxylation is 2. The average molecular weight is 680 g/mol. The van der Waals surface area contributed by atoms with Crippen molar-refractivity contribution in [2.24, 2.45) is 17.9 Å². The Hall–Kier alpha value is -4.38. The van der Waals surface area contributed by atoms with E-state index in [9.17, 15) is 0 Å². The standard InChI is InChI=1S/C46H55N4O/c1-26-32-21-27(24-43(2,3)4)15-18-30(32)34(25-44(5,6)7)39-36(26)38-37-31(19-20-50(38)14)33-22-29(17-16-28(33)23-35(37)51-39)40-47-41(45(8,9)10)49-42(48-40)46(11,12)13/h15-23H,24-25H2,1-14H3/q+1. The first-order chi connectivity index (χ1) is 23.6. The van der Waals surface area contributed by atoms with Crippen LogP contribution >= 0.6 is 0 Å². The van der Waals surface area contributed by atoms with E-state index in [1.165, 1.54) is 44.1 Å². The van der Waals surface area contributed by atoms with Crippen molar-refractivity contribution in [1.29, 1.82) is 0 Å². The maximum Gasteiger partial charge on any atom is 0.228 e. The summed E-state index contributed by atoms with van der Waals surface area (Å²) in [5.41, 5.74) is 7.20. The third-order valence-corrected chi connectivity index (χ3v) is 10.0. The van der Waals surface area contributed by atoms with Gasteiger partial charge in [-0.3, -0.25) is 0 Å².